The highest BCUT2D eigenvalue weighted by Gasteiger charge is 2.20. The minimum absolute atomic E-state index is 0.0922. The number of carbonyl (C=O) groups excluding carboxylic acids is 1. The highest BCUT2D eigenvalue weighted by atomic mass is 19.1. The van der Waals surface area contributed by atoms with Crippen LogP contribution in [0.5, 0.6) is 0 Å². The van der Waals surface area contributed by atoms with Crippen molar-refractivity contribution in [2.75, 3.05) is 0 Å². The van der Waals surface area contributed by atoms with Crippen LogP contribution in [0, 0.1) is 19.7 Å². The molecule has 170 valence electrons. The van der Waals surface area contributed by atoms with E-state index in [-0.39, 0.29) is 36.0 Å². The molecule has 0 aliphatic heterocycles. The molecule has 0 saturated heterocycles. The largest absolute Gasteiger partial charge is 0.352 e. The predicted molar refractivity (Wildman–Crippen MR) is 127 cm³/mol. The van der Waals surface area contributed by atoms with Gasteiger partial charge in [0, 0.05) is 5.56 Å². The lowest BCUT2D eigenvalue weighted by molar-refractivity contribution is 0.0965. The Hall–Kier alpha value is -4.33. The molecule has 0 spiro atoms. The van der Waals surface area contributed by atoms with Crippen LogP contribution in [0.15, 0.2) is 76.3 Å². The van der Waals surface area contributed by atoms with Gasteiger partial charge in [-0.3, -0.25) is 14.2 Å². The van der Waals surface area contributed by atoms with Crippen molar-refractivity contribution in [3.05, 3.63) is 116 Å². The summed E-state index contributed by atoms with van der Waals surface area (Å²) in [5.74, 6) is -0.517. The van der Waals surface area contributed by atoms with Crippen LogP contribution in [0.1, 0.15) is 27.0 Å². The summed E-state index contributed by atoms with van der Waals surface area (Å²) >= 11 is 0. The van der Waals surface area contributed by atoms with Crippen molar-refractivity contribution in [3.8, 4) is 0 Å². The number of nitrogens with zero attached hydrogens (tertiary/aromatic N) is 4. The summed E-state index contributed by atoms with van der Waals surface area (Å²) in [6.07, 6.45) is 0. The number of Topliss-reactive ketones (excluding diaryl/α,β-unsaturated/α-hetero) is 1. The SMILES string of the molecule is Cc1ccc(C(=O)Cn2nc3n(Cc4ccc(F)cc4)c(=O)c4ccccc4n3c2=O)c(C)c1. The Balaban J connectivity index is 1.68. The molecule has 0 aliphatic carbocycles. The zero-order valence-corrected chi connectivity index (χ0v) is 18.7. The number of rotatable bonds is 5. The monoisotopic (exact) mass is 456 g/mol. The molecule has 0 aliphatic rings. The molecule has 5 aromatic rings. The van der Waals surface area contributed by atoms with E-state index in [1.807, 2.05) is 26.0 Å². The van der Waals surface area contributed by atoms with E-state index < -0.39 is 5.69 Å². The summed E-state index contributed by atoms with van der Waals surface area (Å²) in [6, 6.07) is 18.0. The fourth-order valence-corrected chi connectivity index (χ4v) is 4.23. The van der Waals surface area contributed by atoms with Crippen LogP contribution < -0.4 is 11.2 Å². The maximum Gasteiger partial charge on any atom is 0.352 e. The normalized spacial score (nSPS) is 11.4. The lowest BCUT2D eigenvalue weighted by atomic mass is 10.0. The fraction of sp³-hybridized carbons (Fsp3) is 0.154. The lowest BCUT2D eigenvalue weighted by Gasteiger charge is -2.09. The Labute approximate surface area is 193 Å². The van der Waals surface area contributed by atoms with Gasteiger partial charge in [-0.1, -0.05) is 48.0 Å². The summed E-state index contributed by atoms with van der Waals surface area (Å²) < 4.78 is 17.2. The van der Waals surface area contributed by atoms with E-state index in [0.717, 1.165) is 15.8 Å². The highest BCUT2D eigenvalue weighted by molar-refractivity contribution is 5.97. The third-order valence-corrected chi connectivity index (χ3v) is 5.91. The average molecular weight is 456 g/mol. The molecule has 5 rings (SSSR count). The standard InChI is InChI=1S/C26H21FN4O3/c1-16-7-12-20(17(2)13-16)23(32)15-30-26(34)31-22-6-4-3-5-21(22)24(33)29(25(31)28-30)14-18-8-10-19(27)11-9-18/h3-13H,14-15H2,1-2H3. The van der Waals surface area contributed by atoms with Crippen LogP contribution in [0.25, 0.3) is 16.7 Å². The molecule has 8 heteroatoms. The molecule has 0 unspecified atom stereocenters. The third-order valence-electron chi connectivity index (χ3n) is 5.91. The Bertz CT molecular complexity index is 1690. The van der Waals surface area contributed by atoms with E-state index in [4.69, 9.17) is 0 Å². The number of ketones is 1. The topological polar surface area (TPSA) is 78.4 Å². The van der Waals surface area contributed by atoms with Gasteiger partial charge < -0.3 is 0 Å². The predicted octanol–water partition coefficient (Wildman–Crippen LogP) is 3.50. The van der Waals surface area contributed by atoms with Gasteiger partial charge in [0.1, 0.15) is 12.4 Å². The number of halogens is 1. The van der Waals surface area contributed by atoms with Gasteiger partial charge in [0.25, 0.3) is 5.56 Å². The molecule has 2 aromatic heterocycles. The second-order valence-corrected chi connectivity index (χ2v) is 8.35. The minimum Gasteiger partial charge on any atom is -0.292 e. The molecule has 7 nitrogen and oxygen atoms in total. The van der Waals surface area contributed by atoms with Crippen molar-refractivity contribution in [1.29, 1.82) is 0 Å². The maximum absolute atomic E-state index is 13.4. The van der Waals surface area contributed by atoms with Crippen LogP contribution >= 0.6 is 0 Å². The zero-order chi connectivity index (χ0) is 24.0. The number of aromatic nitrogens is 4. The molecule has 0 amide bonds. The number of fused-ring (bicyclic) bond motifs is 3. The number of para-hydroxylation sites is 1. The molecule has 2 heterocycles. The number of carbonyl (C=O) groups is 1. The molecule has 34 heavy (non-hydrogen) atoms. The van der Waals surface area contributed by atoms with E-state index >= 15 is 0 Å². The first kappa shape index (κ1) is 21.5. The third kappa shape index (κ3) is 3.63. The van der Waals surface area contributed by atoms with E-state index in [2.05, 4.69) is 5.10 Å². The van der Waals surface area contributed by atoms with E-state index in [1.165, 1.54) is 21.1 Å². The Morgan fingerprint density at radius 2 is 1.71 bits per heavy atom. The number of benzene rings is 3. The van der Waals surface area contributed by atoms with Crippen molar-refractivity contribution < 1.29 is 9.18 Å². The summed E-state index contributed by atoms with van der Waals surface area (Å²) in [7, 11) is 0. The smallest absolute Gasteiger partial charge is 0.292 e. The zero-order valence-electron chi connectivity index (χ0n) is 18.7. The van der Waals surface area contributed by atoms with E-state index in [1.54, 1.807) is 42.5 Å². The van der Waals surface area contributed by atoms with Gasteiger partial charge in [-0.25, -0.2) is 18.3 Å². The van der Waals surface area contributed by atoms with Gasteiger partial charge in [-0.15, -0.1) is 5.10 Å². The van der Waals surface area contributed by atoms with Gasteiger partial charge in [0.05, 0.1) is 17.4 Å². The molecular formula is C26H21FN4O3. The van der Waals surface area contributed by atoms with Crippen molar-refractivity contribution >= 4 is 22.5 Å². The van der Waals surface area contributed by atoms with Gasteiger partial charge in [0.2, 0.25) is 5.78 Å². The summed E-state index contributed by atoms with van der Waals surface area (Å²) in [5.41, 5.74) is 2.61. The van der Waals surface area contributed by atoms with Gasteiger partial charge in [-0.2, -0.15) is 0 Å². The average Bonchev–Trinajstić information content (AvgIpc) is 3.13. The maximum atomic E-state index is 13.4. The Morgan fingerprint density at radius 3 is 2.44 bits per heavy atom. The molecule has 0 bridgehead atoms. The number of hydrogen-bond acceptors (Lipinski definition) is 4. The molecular weight excluding hydrogens is 435 g/mol. The fourth-order valence-electron chi connectivity index (χ4n) is 4.23. The minimum atomic E-state index is -0.517. The molecule has 0 N–H and O–H groups in total. The number of aryl methyl sites for hydroxylation is 2. The first-order valence-corrected chi connectivity index (χ1v) is 10.8. The summed E-state index contributed by atoms with van der Waals surface area (Å²) in [5, 5.41) is 4.73. The highest BCUT2D eigenvalue weighted by Crippen LogP contribution is 2.15. The van der Waals surface area contributed by atoms with Crippen molar-refractivity contribution in [2.24, 2.45) is 0 Å². The summed E-state index contributed by atoms with van der Waals surface area (Å²) in [6.45, 7) is 3.62. The molecule has 3 aromatic carbocycles. The van der Waals surface area contributed by atoms with Crippen LogP contribution in [0.4, 0.5) is 4.39 Å². The Kier molecular flexibility index (Phi) is 5.20. The lowest BCUT2D eigenvalue weighted by Crippen LogP contribution is -2.28. The molecule has 0 saturated carbocycles. The van der Waals surface area contributed by atoms with Crippen molar-refractivity contribution in [2.45, 2.75) is 26.9 Å². The second kappa shape index (κ2) is 8.22. The van der Waals surface area contributed by atoms with E-state index in [9.17, 15) is 18.8 Å². The second-order valence-electron chi connectivity index (χ2n) is 8.35. The summed E-state index contributed by atoms with van der Waals surface area (Å²) in [4.78, 5) is 39.7. The van der Waals surface area contributed by atoms with Gasteiger partial charge in [-0.05, 0) is 49.2 Å². The van der Waals surface area contributed by atoms with Crippen LogP contribution in [-0.2, 0) is 13.1 Å². The van der Waals surface area contributed by atoms with Crippen molar-refractivity contribution in [3.63, 3.8) is 0 Å². The van der Waals surface area contributed by atoms with Crippen LogP contribution in [-0.4, -0.2) is 24.5 Å². The quantitative estimate of drug-likeness (QED) is 0.379. The van der Waals surface area contributed by atoms with E-state index in [0.29, 0.717) is 22.0 Å². The molecule has 0 radical (unpaired) electrons. The first-order chi connectivity index (χ1) is 16.3. The number of hydrogen-bond donors (Lipinski definition) is 0. The molecule has 0 fully saturated rings. The Morgan fingerprint density at radius 1 is 0.971 bits per heavy atom. The molecule has 0 atom stereocenters. The van der Waals surface area contributed by atoms with Crippen LogP contribution in [0.3, 0.4) is 0 Å². The van der Waals surface area contributed by atoms with Crippen LogP contribution in [0.2, 0.25) is 0 Å². The van der Waals surface area contributed by atoms with Crippen molar-refractivity contribution in [1.82, 2.24) is 18.7 Å². The van der Waals surface area contributed by atoms with Gasteiger partial charge >= 0.3 is 5.69 Å². The van der Waals surface area contributed by atoms with Gasteiger partial charge in [0.15, 0.2) is 5.78 Å². The first-order valence-electron chi connectivity index (χ1n) is 10.8.